The van der Waals surface area contributed by atoms with Gasteiger partial charge in [0, 0.05) is 0 Å². The third kappa shape index (κ3) is 3.53. The van der Waals surface area contributed by atoms with Crippen molar-refractivity contribution < 1.29 is 13.5 Å². The van der Waals surface area contributed by atoms with Crippen molar-refractivity contribution in [3.63, 3.8) is 0 Å². The van der Waals surface area contributed by atoms with Gasteiger partial charge in [-0.15, -0.1) is 5.10 Å². The molecule has 21 heavy (non-hydrogen) atoms. The Morgan fingerprint density at radius 1 is 1.10 bits per heavy atom. The van der Waals surface area contributed by atoms with Crippen LogP contribution in [0, 0.1) is 13.8 Å². The summed E-state index contributed by atoms with van der Waals surface area (Å²) in [5.41, 5.74) is 1.88. The Hall–Kier alpha value is -2.06. The van der Waals surface area contributed by atoms with E-state index in [0.717, 1.165) is 0 Å². The topological polar surface area (TPSA) is 105 Å². The van der Waals surface area contributed by atoms with Crippen LogP contribution in [-0.2, 0) is 10.0 Å². The molecular formula is C13H16N4O3S. The second-order valence-electron chi connectivity index (χ2n) is 4.66. The molecule has 0 fully saturated rings. The normalized spacial score (nSPS) is 13.0. The third-order valence-corrected chi connectivity index (χ3v) is 4.33. The Labute approximate surface area is 123 Å². The van der Waals surface area contributed by atoms with E-state index in [0.29, 0.717) is 17.0 Å². The predicted octanol–water partition coefficient (Wildman–Crippen LogP) is 1.34. The maximum Gasteiger partial charge on any atom is 0.264 e. The fourth-order valence-corrected chi connectivity index (χ4v) is 2.54. The smallest absolute Gasteiger partial charge is 0.264 e. The number of aliphatic hydroxyl groups is 1. The molecule has 0 bridgehead atoms. The summed E-state index contributed by atoms with van der Waals surface area (Å²) in [5, 5.41) is 16.9. The van der Waals surface area contributed by atoms with E-state index >= 15 is 0 Å². The molecule has 8 heteroatoms. The van der Waals surface area contributed by atoms with Gasteiger partial charge in [0.15, 0.2) is 0 Å². The van der Waals surface area contributed by atoms with Gasteiger partial charge < -0.3 is 5.11 Å². The molecule has 2 rings (SSSR count). The van der Waals surface area contributed by atoms with Crippen LogP contribution in [0.2, 0.25) is 0 Å². The fourth-order valence-electron chi connectivity index (χ4n) is 1.60. The second-order valence-corrected chi connectivity index (χ2v) is 6.34. The van der Waals surface area contributed by atoms with E-state index in [2.05, 4.69) is 19.9 Å². The molecule has 1 aromatic carbocycles. The van der Waals surface area contributed by atoms with Gasteiger partial charge in [-0.3, -0.25) is 0 Å². The molecule has 0 aliphatic rings. The molecule has 0 amide bonds. The lowest BCUT2D eigenvalue weighted by Gasteiger charge is -2.09. The van der Waals surface area contributed by atoms with Gasteiger partial charge in [-0.2, -0.15) is 5.10 Å². The first-order valence-corrected chi connectivity index (χ1v) is 7.76. The molecule has 1 atom stereocenters. The number of aryl methyl sites for hydroxylation is 2. The quantitative estimate of drug-likeness (QED) is 0.883. The van der Waals surface area contributed by atoms with Crippen molar-refractivity contribution in [1.82, 2.24) is 15.2 Å². The molecule has 0 aliphatic heterocycles. The lowest BCUT2D eigenvalue weighted by atomic mass is 10.1. The molecule has 1 aromatic heterocycles. The number of sulfonamides is 1. The number of aliphatic hydroxyl groups excluding tert-OH is 1. The molecule has 0 saturated carbocycles. The monoisotopic (exact) mass is 308 g/mol. The van der Waals surface area contributed by atoms with Gasteiger partial charge in [0.1, 0.15) is 0 Å². The van der Waals surface area contributed by atoms with E-state index in [1.807, 2.05) is 0 Å². The van der Waals surface area contributed by atoms with Crippen LogP contribution in [0.4, 0.5) is 5.95 Å². The SMILES string of the molecule is Cc1nnc(NS(=O)(=O)c2ccc(C(C)O)cc2)nc1C. The molecule has 2 aromatic rings. The molecule has 1 unspecified atom stereocenters. The highest BCUT2D eigenvalue weighted by atomic mass is 32.2. The lowest BCUT2D eigenvalue weighted by molar-refractivity contribution is 0.199. The predicted molar refractivity (Wildman–Crippen MR) is 77.2 cm³/mol. The molecule has 0 saturated heterocycles. The van der Waals surface area contributed by atoms with Crippen molar-refractivity contribution in [3.8, 4) is 0 Å². The number of rotatable bonds is 4. The minimum Gasteiger partial charge on any atom is -0.389 e. The van der Waals surface area contributed by atoms with Crippen LogP contribution >= 0.6 is 0 Å². The van der Waals surface area contributed by atoms with Crippen LogP contribution < -0.4 is 4.72 Å². The van der Waals surface area contributed by atoms with Crippen molar-refractivity contribution in [2.75, 3.05) is 4.72 Å². The van der Waals surface area contributed by atoms with Gasteiger partial charge in [-0.05, 0) is 38.5 Å². The number of nitrogens with zero attached hydrogens (tertiary/aromatic N) is 3. The standard InChI is InChI=1S/C13H16N4O3S/c1-8-9(2)15-16-13(14-8)17-21(19,20)12-6-4-11(5-7-12)10(3)18/h4-7,10,18H,1-3H3,(H,14,16,17). The van der Waals surface area contributed by atoms with E-state index in [1.54, 1.807) is 32.9 Å². The van der Waals surface area contributed by atoms with Crippen molar-refractivity contribution in [2.45, 2.75) is 31.8 Å². The zero-order valence-electron chi connectivity index (χ0n) is 11.9. The van der Waals surface area contributed by atoms with Crippen molar-refractivity contribution in [2.24, 2.45) is 0 Å². The van der Waals surface area contributed by atoms with Crippen LogP contribution in [0.3, 0.4) is 0 Å². The minimum atomic E-state index is -3.78. The second kappa shape index (κ2) is 5.74. The summed E-state index contributed by atoms with van der Waals surface area (Å²) in [6.07, 6.45) is -0.651. The number of aromatic nitrogens is 3. The summed E-state index contributed by atoms with van der Waals surface area (Å²) in [4.78, 5) is 4.09. The van der Waals surface area contributed by atoms with Crippen LogP contribution in [0.25, 0.3) is 0 Å². The molecular weight excluding hydrogens is 292 g/mol. The van der Waals surface area contributed by atoms with E-state index < -0.39 is 16.1 Å². The average molecular weight is 308 g/mol. The van der Waals surface area contributed by atoms with Gasteiger partial charge in [0.2, 0.25) is 0 Å². The van der Waals surface area contributed by atoms with Crippen molar-refractivity contribution in [3.05, 3.63) is 41.2 Å². The zero-order valence-corrected chi connectivity index (χ0v) is 12.7. The fraction of sp³-hybridized carbons (Fsp3) is 0.308. The van der Waals surface area contributed by atoms with Gasteiger partial charge in [-0.25, -0.2) is 18.1 Å². The first-order chi connectivity index (χ1) is 9.79. The minimum absolute atomic E-state index is 0.0636. The Morgan fingerprint density at radius 3 is 2.24 bits per heavy atom. The van der Waals surface area contributed by atoms with E-state index in [9.17, 15) is 13.5 Å². The number of anilines is 1. The zero-order chi connectivity index (χ0) is 15.6. The summed E-state index contributed by atoms with van der Waals surface area (Å²) in [5.74, 6) is -0.0716. The Kier molecular flexibility index (Phi) is 4.19. The Morgan fingerprint density at radius 2 is 1.71 bits per heavy atom. The third-order valence-electron chi connectivity index (χ3n) is 2.99. The Balaban J connectivity index is 2.27. The average Bonchev–Trinajstić information content (AvgIpc) is 2.43. The molecule has 0 radical (unpaired) electrons. The molecule has 0 aliphatic carbocycles. The van der Waals surface area contributed by atoms with Gasteiger partial charge in [0.25, 0.3) is 16.0 Å². The Bertz CT molecular complexity index is 743. The first-order valence-electron chi connectivity index (χ1n) is 6.28. The van der Waals surface area contributed by atoms with Gasteiger partial charge in [0.05, 0.1) is 22.4 Å². The van der Waals surface area contributed by atoms with Crippen LogP contribution in [-0.4, -0.2) is 28.7 Å². The van der Waals surface area contributed by atoms with Crippen molar-refractivity contribution in [1.29, 1.82) is 0 Å². The number of hydrogen-bond donors (Lipinski definition) is 2. The van der Waals surface area contributed by atoms with Crippen molar-refractivity contribution >= 4 is 16.0 Å². The van der Waals surface area contributed by atoms with Gasteiger partial charge in [-0.1, -0.05) is 12.1 Å². The molecule has 2 N–H and O–H groups in total. The van der Waals surface area contributed by atoms with Crippen LogP contribution in [0.1, 0.15) is 30.0 Å². The first kappa shape index (κ1) is 15.3. The molecule has 1 heterocycles. The lowest BCUT2D eigenvalue weighted by Crippen LogP contribution is -2.16. The van der Waals surface area contributed by atoms with Crippen LogP contribution in [0.5, 0.6) is 0 Å². The van der Waals surface area contributed by atoms with E-state index in [1.165, 1.54) is 12.1 Å². The molecule has 0 spiro atoms. The largest absolute Gasteiger partial charge is 0.389 e. The molecule has 112 valence electrons. The summed E-state index contributed by atoms with van der Waals surface area (Å²) in [6.45, 7) is 5.07. The maximum absolute atomic E-state index is 12.2. The highest BCUT2D eigenvalue weighted by molar-refractivity contribution is 7.92. The van der Waals surface area contributed by atoms with E-state index in [-0.39, 0.29) is 10.8 Å². The number of nitrogens with one attached hydrogen (secondary N) is 1. The summed E-state index contributed by atoms with van der Waals surface area (Å²) >= 11 is 0. The number of hydrogen-bond acceptors (Lipinski definition) is 6. The number of benzene rings is 1. The summed E-state index contributed by atoms with van der Waals surface area (Å²) in [7, 11) is -3.78. The van der Waals surface area contributed by atoms with Crippen LogP contribution in [0.15, 0.2) is 29.2 Å². The van der Waals surface area contributed by atoms with Gasteiger partial charge >= 0.3 is 0 Å². The highest BCUT2D eigenvalue weighted by Gasteiger charge is 2.16. The molecule has 7 nitrogen and oxygen atoms in total. The van der Waals surface area contributed by atoms with E-state index in [4.69, 9.17) is 0 Å². The highest BCUT2D eigenvalue weighted by Crippen LogP contribution is 2.17. The summed E-state index contributed by atoms with van der Waals surface area (Å²) in [6, 6.07) is 5.94. The maximum atomic E-state index is 12.2. The summed E-state index contributed by atoms with van der Waals surface area (Å²) < 4.78 is 26.7.